The van der Waals surface area contributed by atoms with E-state index in [0.717, 1.165) is 46.8 Å². The average Bonchev–Trinajstić information content (AvgIpc) is 3.55. The summed E-state index contributed by atoms with van der Waals surface area (Å²) in [6.45, 7) is 1.81. The van der Waals surface area contributed by atoms with Crippen LogP contribution in [0.5, 0.6) is 0 Å². The smallest absolute Gasteiger partial charge is 0.243 e. The first kappa shape index (κ1) is 31.4. The van der Waals surface area contributed by atoms with Gasteiger partial charge in [-0.25, -0.2) is 35.9 Å². The van der Waals surface area contributed by atoms with Gasteiger partial charge < -0.3 is 15.1 Å². The Labute approximate surface area is 263 Å². The Balaban J connectivity index is 1.22. The molecule has 2 aliphatic heterocycles. The van der Waals surface area contributed by atoms with E-state index < -0.39 is 39.4 Å². The summed E-state index contributed by atoms with van der Waals surface area (Å²) < 4.78 is 83.7. The first-order valence-corrected chi connectivity index (χ1v) is 16.2. The van der Waals surface area contributed by atoms with E-state index in [1.807, 2.05) is 9.80 Å². The summed E-state index contributed by atoms with van der Waals surface area (Å²) in [6.07, 6.45) is 0.756. The summed E-state index contributed by atoms with van der Waals surface area (Å²) in [6, 6.07) is 14.5. The fourth-order valence-corrected chi connectivity index (χ4v) is 7.40. The number of hydrogen-bond acceptors (Lipinski definition) is 7. The number of carbonyl (C=O) groups excluding carboxylic acids is 1. The van der Waals surface area contributed by atoms with Gasteiger partial charge in [0.05, 0.1) is 28.5 Å². The van der Waals surface area contributed by atoms with Crippen LogP contribution in [0.25, 0.3) is 11.3 Å². The van der Waals surface area contributed by atoms with Crippen molar-refractivity contribution in [1.82, 2.24) is 19.6 Å². The highest BCUT2D eigenvalue weighted by Gasteiger charge is 2.39. The molecule has 0 unspecified atom stereocenters. The van der Waals surface area contributed by atoms with Crippen LogP contribution in [0, 0.1) is 23.3 Å². The molecule has 6 rings (SSSR count). The molecule has 0 spiro atoms. The number of carbonyl (C=O) groups is 1. The van der Waals surface area contributed by atoms with Crippen LogP contribution < -0.4 is 15.1 Å². The average molecular weight is 655 g/mol. The number of benzene rings is 3. The zero-order chi connectivity index (χ0) is 32.4. The molecular weight excluding hydrogens is 624 g/mol. The number of sulfonamides is 1. The maximum atomic E-state index is 14.4. The predicted octanol–water partition coefficient (Wildman–Crippen LogP) is 4.50. The lowest BCUT2D eigenvalue weighted by Crippen LogP contribution is -2.47. The van der Waals surface area contributed by atoms with Gasteiger partial charge in [-0.3, -0.25) is 4.79 Å². The molecule has 0 bridgehead atoms. The fourth-order valence-electron chi connectivity index (χ4n) is 5.75. The number of hydrogen-bond donors (Lipinski definition) is 1. The van der Waals surface area contributed by atoms with Crippen LogP contribution in [0.4, 0.5) is 29.2 Å². The Kier molecular flexibility index (Phi) is 8.91. The van der Waals surface area contributed by atoms with Crippen LogP contribution in [-0.2, 0) is 21.4 Å². The van der Waals surface area contributed by atoms with E-state index >= 15 is 0 Å². The summed E-state index contributed by atoms with van der Waals surface area (Å²) in [4.78, 5) is 26.2. The van der Waals surface area contributed by atoms with Gasteiger partial charge in [-0.15, -0.1) is 0 Å². The highest BCUT2D eigenvalue weighted by molar-refractivity contribution is 7.89. The van der Waals surface area contributed by atoms with Gasteiger partial charge in [0.1, 0.15) is 29.3 Å². The lowest BCUT2D eigenvalue weighted by Gasteiger charge is -2.36. The van der Waals surface area contributed by atoms with Crippen LogP contribution in [-0.4, -0.2) is 67.4 Å². The van der Waals surface area contributed by atoms with Crippen LogP contribution in [0.1, 0.15) is 18.5 Å². The normalized spacial score (nSPS) is 17.3. The Morgan fingerprint density at radius 3 is 2.17 bits per heavy atom. The van der Waals surface area contributed by atoms with E-state index in [4.69, 9.17) is 0 Å². The molecule has 0 radical (unpaired) electrons. The molecule has 3 aromatic carbocycles. The van der Waals surface area contributed by atoms with E-state index in [0.29, 0.717) is 50.4 Å². The van der Waals surface area contributed by atoms with Crippen molar-refractivity contribution in [2.24, 2.45) is 0 Å². The van der Waals surface area contributed by atoms with Crippen LogP contribution in [0.3, 0.4) is 0 Å². The summed E-state index contributed by atoms with van der Waals surface area (Å²) in [5.74, 6) is -2.75. The van der Waals surface area contributed by atoms with Gasteiger partial charge in [0.2, 0.25) is 21.9 Å². The number of aromatic nitrogens is 2. The number of amides is 1. The van der Waals surface area contributed by atoms with Crippen LogP contribution in [0.2, 0.25) is 0 Å². The van der Waals surface area contributed by atoms with Gasteiger partial charge in [0.15, 0.2) is 0 Å². The Bertz CT molecular complexity index is 1830. The number of rotatable bonds is 8. The molecule has 1 N–H and O–H groups in total. The first-order chi connectivity index (χ1) is 22.1. The molecule has 240 valence electrons. The van der Waals surface area contributed by atoms with Crippen molar-refractivity contribution in [3.05, 3.63) is 102 Å². The molecule has 14 heteroatoms. The number of halogens is 4. The number of nitrogens with one attached hydrogen (secondary N) is 1. The fraction of sp³-hybridized carbons (Fsp3) is 0.281. The van der Waals surface area contributed by atoms with Gasteiger partial charge in [0, 0.05) is 44.4 Å². The molecule has 0 saturated carbocycles. The molecule has 1 amide bonds. The molecule has 1 aromatic heterocycles. The summed E-state index contributed by atoms with van der Waals surface area (Å²) >= 11 is 0. The zero-order valence-corrected chi connectivity index (χ0v) is 25.4. The summed E-state index contributed by atoms with van der Waals surface area (Å²) in [5, 5.41) is 2.76. The van der Waals surface area contributed by atoms with E-state index in [1.165, 1.54) is 12.1 Å². The highest BCUT2D eigenvalue weighted by atomic mass is 32.2. The number of nitrogens with zero attached hydrogens (tertiary/aromatic N) is 5. The molecule has 46 heavy (non-hydrogen) atoms. The van der Waals surface area contributed by atoms with E-state index in [2.05, 4.69) is 15.3 Å². The minimum absolute atomic E-state index is 0.115. The van der Waals surface area contributed by atoms with Crippen molar-refractivity contribution in [3.63, 3.8) is 0 Å². The monoisotopic (exact) mass is 654 g/mol. The molecule has 4 aromatic rings. The second-order valence-electron chi connectivity index (χ2n) is 11.1. The number of para-hydroxylation sites is 1. The number of anilines is 2. The molecule has 2 saturated heterocycles. The van der Waals surface area contributed by atoms with Crippen molar-refractivity contribution in [2.45, 2.75) is 30.3 Å². The third-order valence-corrected chi connectivity index (χ3v) is 9.97. The van der Waals surface area contributed by atoms with Crippen molar-refractivity contribution >= 4 is 27.6 Å². The topological polar surface area (TPSA) is 98.7 Å². The summed E-state index contributed by atoms with van der Waals surface area (Å²) in [7, 11) is -4.06. The maximum absolute atomic E-state index is 14.4. The Hall–Kier alpha value is -4.56. The van der Waals surface area contributed by atoms with E-state index in [1.54, 1.807) is 18.2 Å². The third kappa shape index (κ3) is 6.67. The van der Waals surface area contributed by atoms with Gasteiger partial charge in [-0.05, 0) is 67.4 Å². The van der Waals surface area contributed by atoms with Crippen molar-refractivity contribution < 1.29 is 30.8 Å². The Morgan fingerprint density at radius 2 is 1.48 bits per heavy atom. The number of piperazine rings is 1. The highest BCUT2D eigenvalue weighted by Crippen LogP contribution is 2.28. The Morgan fingerprint density at radius 1 is 0.804 bits per heavy atom. The minimum Gasteiger partial charge on any atom is -0.366 e. The van der Waals surface area contributed by atoms with Crippen molar-refractivity contribution in [3.8, 4) is 11.3 Å². The minimum atomic E-state index is -4.06. The lowest BCUT2D eigenvalue weighted by atomic mass is 10.1. The molecule has 3 heterocycles. The largest absolute Gasteiger partial charge is 0.366 e. The maximum Gasteiger partial charge on any atom is 0.243 e. The molecular formula is C32H30F4N6O3S. The quantitative estimate of drug-likeness (QED) is 0.280. The molecule has 1 atom stereocenters. The molecule has 9 nitrogen and oxygen atoms in total. The van der Waals surface area contributed by atoms with Gasteiger partial charge in [-0.1, -0.05) is 12.1 Å². The third-order valence-electron chi connectivity index (χ3n) is 8.05. The predicted molar refractivity (Wildman–Crippen MR) is 163 cm³/mol. The van der Waals surface area contributed by atoms with Gasteiger partial charge >= 0.3 is 0 Å². The SMILES string of the molecule is O=C(NCc1cc(-c2cc(F)cc(F)c2)nc(N2CCN(c3ccccc3F)CC2)n1)[C@@H]1CCCN1S(=O)(=O)c1ccc(F)cc1. The molecule has 2 aliphatic rings. The zero-order valence-electron chi connectivity index (χ0n) is 24.5. The summed E-state index contributed by atoms with van der Waals surface area (Å²) in [5.41, 5.74) is 1.22. The van der Waals surface area contributed by atoms with Crippen LogP contribution >= 0.6 is 0 Å². The second-order valence-corrected chi connectivity index (χ2v) is 13.0. The van der Waals surface area contributed by atoms with Crippen LogP contribution in [0.15, 0.2) is 77.7 Å². The second kappa shape index (κ2) is 13.0. The van der Waals surface area contributed by atoms with Crippen molar-refractivity contribution in [2.75, 3.05) is 42.5 Å². The molecule has 0 aliphatic carbocycles. The van der Waals surface area contributed by atoms with Gasteiger partial charge in [0.25, 0.3) is 0 Å². The molecule has 2 fully saturated rings. The van der Waals surface area contributed by atoms with E-state index in [-0.39, 0.29) is 41.0 Å². The first-order valence-electron chi connectivity index (χ1n) is 14.7. The van der Waals surface area contributed by atoms with E-state index in [9.17, 15) is 30.8 Å². The van der Waals surface area contributed by atoms with Gasteiger partial charge in [-0.2, -0.15) is 4.31 Å². The lowest BCUT2D eigenvalue weighted by molar-refractivity contribution is -0.124. The van der Waals surface area contributed by atoms with Crippen molar-refractivity contribution in [1.29, 1.82) is 0 Å². The standard InChI is InChI=1S/C32H30F4N6O3S/c33-22-7-9-26(10-8-22)46(44,45)42-11-3-6-30(42)31(43)37-20-25-19-28(21-16-23(34)18-24(35)17-21)39-32(38-25)41-14-12-40(13-15-41)29-5-2-1-4-27(29)36/h1-2,4-5,7-10,16-19,30H,3,6,11-15,20H2,(H,37,43)/t30-/m0/s1.